The minimum absolute atomic E-state index is 0.359. The molecule has 0 saturated carbocycles. The fraction of sp³-hybridized carbons (Fsp3) is 0.455. The Morgan fingerprint density at radius 2 is 1.69 bits per heavy atom. The van der Waals surface area contributed by atoms with Gasteiger partial charge >= 0.3 is 0 Å². The van der Waals surface area contributed by atoms with Gasteiger partial charge in [-0.2, -0.15) is 5.26 Å². The van der Waals surface area contributed by atoms with Crippen molar-refractivity contribution in [3.63, 3.8) is 0 Å². The lowest BCUT2D eigenvalue weighted by molar-refractivity contribution is 0.259. The number of anilines is 1. The van der Waals surface area contributed by atoms with Gasteiger partial charge in [0.05, 0.1) is 0 Å². The maximum atomic E-state index is 9.79. The van der Waals surface area contributed by atoms with Gasteiger partial charge in [0.2, 0.25) is 6.10 Å². The SMILES string of the molecule is CCC(CC)Nc1cc(C)ncc1C(C#N)Oc1c(C)cc(C)cc1C. The zero-order chi connectivity index (χ0) is 19.3. The third-order valence-corrected chi connectivity index (χ3v) is 4.66. The molecule has 1 N–H and O–H groups in total. The number of benzene rings is 1. The maximum absolute atomic E-state index is 9.79. The second-order valence-electron chi connectivity index (χ2n) is 6.93. The van der Waals surface area contributed by atoms with Crippen molar-refractivity contribution in [2.75, 3.05) is 5.32 Å². The van der Waals surface area contributed by atoms with E-state index in [4.69, 9.17) is 4.74 Å². The molecule has 2 rings (SSSR count). The summed E-state index contributed by atoms with van der Waals surface area (Å²) in [4.78, 5) is 4.40. The van der Waals surface area contributed by atoms with Gasteiger partial charge in [-0.1, -0.05) is 31.5 Å². The van der Waals surface area contributed by atoms with E-state index in [0.29, 0.717) is 6.04 Å². The van der Waals surface area contributed by atoms with Crippen molar-refractivity contribution < 1.29 is 4.74 Å². The molecule has 0 amide bonds. The van der Waals surface area contributed by atoms with E-state index in [1.165, 1.54) is 5.56 Å². The van der Waals surface area contributed by atoms with Crippen LogP contribution in [0.5, 0.6) is 5.75 Å². The van der Waals surface area contributed by atoms with Crippen molar-refractivity contribution in [2.45, 2.75) is 66.5 Å². The number of nitriles is 1. The van der Waals surface area contributed by atoms with Crippen LogP contribution in [0.1, 0.15) is 60.7 Å². The molecule has 4 nitrogen and oxygen atoms in total. The molecule has 2 aromatic rings. The first kappa shape index (κ1) is 19.8. The van der Waals surface area contributed by atoms with Crippen molar-refractivity contribution in [2.24, 2.45) is 0 Å². The maximum Gasteiger partial charge on any atom is 0.213 e. The van der Waals surface area contributed by atoms with E-state index in [2.05, 4.69) is 49.3 Å². The third-order valence-electron chi connectivity index (χ3n) is 4.66. The Labute approximate surface area is 157 Å². The molecule has 0 bridgehead atoms. The van der Waals surface area contributed by atoms with E-state index in [0.717, 1.165) is 46.7 Å². The van der Waals surface area contributed by atoms with Gasteiger partial charge in [-0.25, -0.2) is 0 Å². The zero-order valence-electron chi connectivity index (χ0n) is 16.7. The van der Waals surface area contributed by atoms with Crippen molar-refractivity contribution in [3.8, 4) is 11.8 Å². The molecule has 0 aliphatic carbocycles. The molecule has 0 aliphatic heterocycles. The number of hydrogen-bond acceptors (Lipinski definition) is 4. The summed E-state index contributed by atoms with van der Waals surface area (Å²) in [7, 11) is 0. The summed E-state index contributed by atoms with van der Waals surface area (Å²) >= 11 is 0. The molecular formula is C22H29N3O. The number of aromatic nitrogens is 1. The normalized spacial score (nSPS) is 11.9. The van der Waals surface area contributed by atoms with Crippen LogP contribution in [-0.2, 0) is 0 Å². The van der Waals surface area contributed by atoms with Gasteiger partial charge in [0.15, 0.2) is 0 Å². The van der Waals surface area contributed by atoms with E-state index in [1.807, 2.05) is 26.8 Å². The van der Waals surface area contributed by atoms with Gasteiger partial charge in [0.25, 0.3) is 0 Å². The predicted molar refractivity (Wildman–Crippen MR) is 107 cm³/mol. The van der Waals surface area contributed by atoms with Crippen LogP contribution >= 0.6 is 0 Å². The van der Waals surface area contributed by atoms with Crippen molar-refractivity contribution in [1.82, 2.24) is 4.98 Å². The number of hydrogen-bond donors (Lipinski definition) is 1. The first-order chi connectivity index (χ1) is 12.4. The number of ether oxygens (including phenoxy) is 1. The fourth-order valence-corrected chi connectivity index (χ4v) is 3.25. The van der Waals surface area contributed by atoms with Crippen LogP contribution in [0.25, 0.3) is 0 Å². The molecule has 0 spiro atoms. The Morgan fingerprint density at radius 1 is 1.08 bits per heavy atom. The quantitative estimate of drug-likeness (QED) is 0.709. The van der Waals surface area contributed by atoms with Gasteiger partial charge in [-0.15, -0.1) is 0 Å². The minimum atomic E-state index is -0.708. The number of aryl methyl sites for hydroxylation is 4. The Bertz CT molecular complexity index is 781. The van der Waals surface area contributed by atoms with E-state index in [9.17, 15) is 5.26 Å². The summed E-state index contributed by atoms with van der Waals surface area (Å²) in [6.45, 7) is 12.4. The Kier molecular flexibility index (Phi) is 6.63. The Hall–Kier alpha value is -2.54. The van der Waals surface area contributed by atoms with Crippen molar-refractivity contribution >= 4 is 5.69 Å². The number of rotatable bonds is 7. The molecule has 0 aliphatic rings. The van der Waals surface area contributed by atoms with Crippen LogP contribution in [-0.4, -0.2) is 11.0 Å². The lowest BCUT2D eigenvalue weighted by Gasteiger charge is -2.23. The molecule has 0 saturated heterocycles. The van der Waals surface area contributed by atoms with Crippen LogP contribution < -0.4 is 10.1 Å². The lowest BCUT2D eigenvalue weighted by atomic mass is 10.0. The largest absolute Gasteiger partial charge is 0.470 e. The molecule has 1 heterocycles. The fourth-order valence-electron chi connectivity index (χ4n) is 3.25. The van der Waals surface area contributed by atoms with Gasteiger partial charge in [0.1, 0.15) is 11.8 Å². The Balaban J connectivity index is 2.40. The topological polar surface area (TPSA) is 57.9 Å². The molecule has 1 atom stereocenters. The molecular weight excluding hydrogens is 322 g/mol. The smallest absolute Gasteiger partial charge is 0.213 e. The number of nitrogens with one attached hydrogen (secondary N) is 1. The number of nitrogens with zero attached hydrogens (tertiary/aromatic N) is 2. The molecule has 1 aromatic heterocycles. The zero-order valence-corrected chi connectivity index (χ0v) is 16.7. The molecule has 1 unspecified atom stereocenters. The van der Waals surface area contributed by atoms with Crippen molar-refractivity contribution in [1.29, 1.82) is 5.26 Å². The van der Waals surface area contributed by atoms with Crippen LogP contribution in [0.3, 0.4) is 0 Å². The monoisotopic (exact) mass is 351 g/mol. The first-order valence-electron chi connectivity index (χ1n) is 9.26. The molecule has 0 radical (unpaired) electrons. The second kappa shape index (κ2) is 8.71. The summed E-state index contributed by atoms with van der Waals surface area (Å²) in [6.07, 6.45) is 3.09. The first-order valence-corrected chi connectivity index (χ1v) is 9.26. The summed E-state index contributed by atoms with van der Waals surface area (Å²) in [6, 6.07) is 8.81. The van der Waals surface area contributed by atoms with Crippen LogP contribution in [0.15, 0.2) is 24.4 Å². The van der Waals surface area contributed by atoms with Crippen LogP contribution in [0.4, 0.5) is 5.69 Å². The number of pyridine rings is 1. The van der Waals surface area contributed by atoms with Gasteiger partial charge in [0, 0.05) is 29.2 Å². The van der Waals surface area contributed by atoms with Gasteiger partial charge in [-0.3, -0.25) is 4.98 Å². The lowest BCUT2D eigenvalue weighted by Crippen LogP contribution is -2.20. The van der Waals surface area contributed by atoms with E-state index < -0.39 is 6.10 Å². The van der Waals surface area contributed by atoms with E-state index in [-0.39, 0.29) is 0 Å². The summed E-state index contributed by atoms with van der Waals surface area (Å²) in [5, 5.41) is 13.3. The highest BCUT2D eigenvalue weighted by molar-refractivity contribution is 5.55. The molecule has 1 aromatic carbocycles. The predicted octanol–water partition coefficient (Wildman–Crippen LogP) is 5.56. The molecule has 4 heteroatoms. The highest BCUT2D eigenvalue weighted by atomic mass is 16.5. The molecule has 138 valence electrons. The van der Waals surface area contributed by atoms with Crippen molar-refractivity contribution in [3.05, 3.63) is 52.3 Å². The highest BCUT2D eigenvalue weighted by Gasteiger charge is 2.21. The van der Waals surface area contributed by atoms with E-state index in [1.54, 1.807) is 6.20 Å². The van der Waals surface area contributed by atoms with Crippen LogP contribution in [0, 0.1) is 39.0 Å². The van der Waals surface area contributed by atoms with E-state index >= 15 is 0 Å². The molecule has 0 fully saturated rings. The van der Waals surface area contributed by atoms with Gasteiger partial charge < -0.3 is 10.1 Å². The highest BCUT2D eigenvalue weighted by Crippen LogP contribution is 2.32. The average Bonchev–Trinajstić information content (AvgIpc) is 2.60. The Morgan fingerprint density at radius 3 is 2.23 bits per heavy atom. The summed E-state index contributed by atoms with van der Waals surface area (Å²) in [5.41, 5.74) is 5.90. The summed E-state index contributed by atoms with van der Waals surface area (Å²) < 4.78 is 6.15. The van der Waals surface area contributed by atoms with Crippen LogP contribution in [0.2, 0.25) is 0 Å². The standard InChI is InChI=1S/C22H29N3O/c1-7-18(8-2)25-20-11-17(6)24-13-19(20)21(12-23)26-22-15(4)9-14(3)10-16(22)5/h9-11,13,18,21H,7-8H2,1-6H3,(H,24,25). The van der Waals surface area contributed by atoms with Gasteiger partial charge in [-0.05, 0) is 57.7 Å². The third kappa shape index (κ3) is 4.54. The average molecular weight is 351 g/mol. The second-order valence-corrected chi connectivity index (χ2v) is 6.93. The minimum Gasteiger partial charge on any atom is -0.470 e. The molecule has 26 heavy (non-hydrogen) atoms. The summed E-state index contributed by atoms with van der Waals surface area (Å²) in [5.74, 6) is 0.774.